The molecule has 0 bridgehead atoms. The number of nitrogens with zero attached hydrogens (tertiary/aromatic N) is 1. The third kappa shape index (κ3) is 2.44. The van der Waals surface area contributed by atoms with Crippen LogP contribution in [0.2, 0.25) is 0 Å². The van der Waals surface area contributed by atoms with E-state index in [4.69, 9.17) is 0 Å². The van der Waals surface area contributed by atoms with E-state index in [-0.39, 0.29) is 17.2 Å². The predicted octanol–water partition coefficient (Wildman–Crippen LogP) is 7.02. The number of fused-ring (bicyclic) bond motifs is 6. The maximum atomic E-state index is 13.4. The molecule has 144 valence electrons. The van der Waals surface area contributed by atoms with E-state index < -0.39 is 0 Å². The van der Waals surface area contributed by atoms with Crippen LogP contribution in [0.15, 0.2) is 74.6 Å². The van der Waals surface area contributed by atoms with Crippen molar-refractivity contribution in [1.82, 2.24) is 4.98 Å². The van der Waals surface area contributed by atoms with Crippen LogP contribution in [0, 0.1) is 0 Å². The fraction of sp³-hybridized carbons (Fsp3) is 0. The first-order valence-corrected chi connectivity index (χ1v) is 10.9. The number of carbonyl (C=O) groups excluding carboxylic acids is 1. The Bertz CT molecular complexity index is 1600. The van der Waals surface area contributed by atoms with E-state index >= 15 is 0 Å². The van der Waals surface area contributed by atoms with E-state index in [2.05, 4.69) is 41.8 Å². The number of hydrogen-bond donors (Lipinski definition) is 2. The van der Waals surface area contributed by atoms with Crippen molar-refractivity contribution in [2.45, 2.75) is 0 Å². The van der Waals surface area contributed by atoms with Crippen molar-refractivity contribution in [2.24, 2.45) is 4.99 Å². The first-order chi connectivity index (χ1) is 14.5. The van der Waals surface area contributed by atoms with E-state index in [1.165, 1.54) is 0 Å². The van der Waals surface area contributed by atoms with E-state index in [1.54, 1.807) is 0 Å². The Kier molecular flexibility index (Phi) is 3.73. The van der Waals surface area contributed by atoms with Crippen LogP contribution in [0.3, 0.4) is 0 Å². The molecule has 4 aromatic carbocycles. The number of Topliss-reactive ketones (excluding diaryl/α,β-unsaturated/α-hetero) is 1. The minimum absolute atomic E-state index is 0.0462. The second-order valence-corrected chi connectivity index (χ2v) is 9.15. The lowest BCUT2D eigenvalue weighted by molar-refractivity contribution is 0.107. The highest BCUT2D eigenvalue weighted by Gasteiger charge is 2.31. The maximum Gasteiger partial charge on any atom is 0.216 e. The molecule has 0 spiro atoms. The second kappa shape index (κ2) is 6.27. The lowest BCUT2D eigenvalue weighted by Crippen LogP contribution is -2.12. The standard InChI is InChI=1S/C24H12Br2N2O2/c25-13-3-5-15-11(9-13)1-7-17-19(15)23(29)21(27-17)22-24(30)20-16-6-4-14(26)10-12(16)2-8-18(20)28-22/h1-10,27,29H. The summed E-state index contributed by atoms with van der Waals surface area (Å²) in [7, 11) is 0. The Morgan fingerprint density at radius 2 is 1.50 bits per heavy atom. The van der Waals surface area contributed by atoms with Gasteiger partial charge in [-0.3, -0.25) is 4.79 Å². The van der Waals surface area contributed by atoms with Gasteiger partial charge in [0.2, 0.25) is 5.78 Å². The summed E-state index contributed by atoms with van der Waals surface area (Å²) in [5.41, 5.74) is 2.54. The Labute approximate surface area is 187 Å². The zero-order chi connectivity index (χ0) is 20.6. The summed E-state index contributed by atoms with van der Waals surface area (Å²) < 4.78 is 1.92. The van der Waals surface area contributed by atoms with Gasteiger partial charge in [-0.05, 0) is 57.9 Å². The predicted molar refractivity (Wildman–Crippen MR) is 127 cm³/mol. The van der Waals surface area contributed by atoms with E-state index in [0.717, 1.165) is 36.0 Å². The van der Waals surface area contributed by atoms with Gasteiger partial charge in [-0.15, -0.1) is 0 Å². The van der Waals surface area contributed by atoms with Crippen molar-refractivity contribution in [3.63, 3.8) is 0 Å². The van der Waals surface area contributed by atoms with Crippen LogP contribution in [-0.4, -0.2) is 21.6 Å². The number of halogens is 2. The summed E-state index contributed by atoms with van der Waals surface area (Å²) in [5.74, 6) is -0.142. The summed E-state index contributed by atoms with van der Waals surface area (Å²) in [6.07, 6.45) is 0. The van der Waals surface area contributed by atoms with Crippen LogP contribution in [0.1, 0.15) is 16.1 Å². The van der Waals surface area contributed by atoms with Crippen molar-refractivity contribution in [1.29, 1.82) is 0 Å². The minimum atomic E-state index is -0.188. The maximum absolute atomic E-state index is 13.4. The number of hydrogen-bond acceptors (Lipinski definition) is 3. The Morgan fingerprint density at radius 3 is 2.27 bits per heavy atom. The molecule has 0 aliphatic carbocycles. The normalized spacial score (nSPS) is 13.4. The van der Waals surface area contributed by atoms with Crippen molar-refractivity contribution in [2.75, 3.05) is 0 Å². The lowest BCUT2D eigenvalue weighted by atomic mass is 9.98. The number of rotatable bonds is 1. The zero-order valence-electron chi connectivity index (χ0n) is 15.3. The SMILES string of the molecule is O=C1C(c2[nH]c3ccc4cc(Br)ccc4c3c2O)=Nc2ccc3cc(Br)ccc3c21. The topological polar surface area (TPSA) is 65.5 Å². The zero-order valence-corrected chi connectivity index (χ0v) is 18.5. The van der Waals surface area contributed by atoms with Gasteiger partial charge in [-0.1, -0.05) is 56.1 Å². The molecule has 1 aliphatic heterocycles. The molecule has 0 saturated heterocycles. The van der Waals surface area contributed by atoms with Gasteiger partial charge in [0, 0.05) is 14.3 Å². The van der Waals surface area contributed by atoms with Crippen LogP contribution in [0.4, 0.5) is 5.69 Å². The van der Waals surface area contributed by atoms with Gasteiger partial charge >= 0.3 is 0 Å². The number of aromatic amines is 1. The van der Waals surface area contributed by atoms with Gasteiger partial charge in [0.05, 0.1) is 16.8 Å². The number of nitrogens with one attached hydrogen (secondary N) is 1. The van der Waals surface area contributed by atoms with Crippen LogP contribution in [0.25, 0.3) is 32.4 Å². The van der Waals surface area contributed by atoms with Gasteiger partial charge < -0.3 is 10.1 Å². The van der Waals surface area contributed by atoms with Crippen LogP contribution >= 0.6 is 31.9 Å². The quantitative estimate of drug-likeness (QED) is 0.250. The molecule has 2 N–H and O–H groups in total. The molecule has 0 radical (unpaired) electrons. The average Bonchev–Trinajstić information content (AvgIpc) is 3.24. The van der Waals surface area contributed by atoms with Gasteiger partial charge in [-0.25, -0.2) is 4.99 Å². The fourth-order valence-corrected chi connectivity index (χ4v) is 4.99. The third-order valence-corrected chi connectivity index (χ3v) is 6.57. The van der Waals surface area contributed by atoms with E-state index in [1.807, 2.05) is 60.7 Å². The largest absolute Gasteiger partial charge is 0.505 e. The van der Waals surface area contributed by atoms with Crippen LogP contribution in [-0.2, 0) is 0 Å². The molecule has 0 amide bonds. The molecular weight excluding hydrogens is 508 g/mol. The monoisotopic (exact) mass is 518 g/mol. The average molecular weight is 520 g/mol. The number of aromatic hydroxyl groups is 1. The highest BCUT2D eigenvalue weighted by Crippen LogP contribution is 2.40. The van der Waals surface area contributed by atoms with Crippen LogP contribution < -0.4 is 0 Å². The Morgan fingerprint density at radius 1 is 0.833 bits per heavy atom. The van der Waals surface area contributed by atoms with Gasteiger partial charge in [0.25, 0.3) is 0 Å². The molecule has 6 rings (SSSR count). The number of benzene rings is 4. The molecule has 5 aromatic rings. The second-order valence-electron chi connectivity index (χ2n) is 7.32. The van der Waals surface area contributed by atoms with E-state index in [0.29, 0.717) is 22.3 Å². The van der Waals surface area contributed by atoms with E-state index in [9.17, 15) is 9.90 Å². The highest BCUT2D eigenvalue weighted by atomic mass is 79.9. The highest BCUT2D eigenvalue weighted by molar-refractivity contribution is 9.10. The molecule has 0 fully saturated rings. The lowest BCUT2D eigenvalue weighted by Gasteiger charge is -2.04. The number of aliphatic imine (C=N–C) groups is 1. The molecule has 0 saturated carbocycles. The molecule has 4 nitrogen and oxygen atoms in total. The smallest absolute Gasteiger partial charge is 0.216 e. The molecular formula is C24H12Br2N2O2. The number of ketones is 1. The van der Waals surface area contributed by atoms with Crippen molar-refractivity contribution in [3.05, 3.63) is 80.9 Å². The minimum Gasteiger partial charge on any atom is -0.505 e. The van der Waals surface area contributed by atoms with Gasteiger partial charge in [-0.2, -0.15) is 0 Å². The summed E-state index contributed by atoms with van der Waals surface area (Å²) in [6.45, 7) is 0. The Balaban J connectivity index is 1.57. The van der Waals surface area contributed by atoms with Crippen LogP contribution in [0.5, 0.6) is 5.75 Å². The molecule has 0 unspecified atom stereocenters. The fourth-order valence-electron chi connectivity index (χ4n) is 4.23. The summed E-state index contributed by atoms with van der Waals surface area (Å²) in [5, 5.41) is 15.5. The number of aromatic nitrogens is 1. The van der Waals surface area contributed by atoms with Crippen molar-refractivity contribution >= 4 is 81.5 Å². The molecule has 0 atom stereocenters. The Hall–Kier alpha value is -2.96. The molecule has 2 heterocycles. The third-order valence-electron chi connectivity index (χ3n) is 5.59. The van der Waals surface area contributed by atoms with Gasteiger partial charge in [0.1, 0.15) is 11.4 Å². The number of carbonyl (C=O) groups is 1. The first-order valence-electron chi connectivity index (χ1n) is 9.30. The molecule has 1 aliphatic rings. The summed E-state index contributed by atoms with van der Waals surface area (Å²) in [4.78, 5) is 21.2. The summed E-state index contributed by atoms with van der Waals surface area (Å²) >= 11 is 6.96. The van der Waals surface area contributed by atoms with Crippen molar-refractivity contribution in [3.8, 4) is 5.75 Å². The van der Waals surface area contributed by atoms with Crippen molar-refractivity contribution < 1.29 is 9.90 Å². The van der Waals surface area contributed by atoms with Gasteiger partial charge in [0.15, 0.2) is 5.75 Å². The first kappa shape index (κ1) is 17.9. The number of H-pyrrole nitrogens is 1. The summed E-state index contributed by atoms with van der Waals surface area (Å²) in [6, 6.07) is 19.4. The molecule has 6 heteroatoms. The molecule has 30 heavy (non-hydrogen) atoms. The molecule has 1 aromatic heterocycles.